The number of ether oxygens (including phenoxy) is 1. The van der Waals surface area contributed by atoms with E-state index in [0.29, 0.717) is 18.7 Å². The number of aromatic nitrogens is 3. The zero-order valence-corrected chi connectivity index (χ0v) is 17.9. The van der Waals surface area contributed by atoms with Gasteiger partial charge in [0.25, 0.3) is 0 Å². The third-order valence-electron chi connectivity index (χ3n) is 4.87. The van der Waals surface area contributed by atoms with Crippen molar-refractivity contribution >= 4 is 29.2 Å². The molecule has 2 aromatic rings. The molecule has 2 heterocycles. The quantitative estimate of drug-likeness (QED) is 0.579. The van der Waals surface area contributed by atoms with Crippen molar-refractivity contribution in [2.45, 2.75) is 70.2 Å². The fourth-order valence-corrected chi connectivity index (χ4v) is 4.35. The van der Waals surface area contributed by atoms with Gasteiger partial charge in [0.05, 0.1) is 17.8 Å². The van der Waals surface area contributed by atoms with Gasteiger partial charge >= 0.3 is 12.3 Å². The molecule has 3 N–H and O–H groups in total. The van der Waals surface area contributed by atoms with Crippen LogP contribution < -0.4 is 10.6 Å². The van der Waals surface area contributed by atoms with Gasteiger partial charge in [-0.25, -0.2) is 9.78 Å². The van der Waals surface area contributed by atoms with E-state index in [1.54, 1.807) is 12.3 Å². The van der Waals surface area contributed by atoms with E-state index in [4.69, 9.17) is 4.74 Å². The molecule has 3 rings (SSSR count). The highest BCUT2D eigenvalue weighted by molar-refractivity contribution is 7.11. The molecule has 2 amide bonds. The predicted octanol–water partition coefficient (Wildman–Crippen LogP) is 4.06. The monoisotopic (exact) mass is 459 g/mol. The molecule has 8 nitrogen and oxygen atoms in total. The maximum atomic E-state index is 12.4. The minimum Gasteiger partial charge on any atom is -0.446 e. The molecule has 31 heavy (non-hydrogen) atoms. The van der Waals surface area contributed by atoms with Gasteiger partial charge in [-0.2, -0.15) is 18.3 Å². The summed E-state index contributed by atoms with van der Waals surface area (Å²) in [6.45, 7) is 3.15. The molecule has 170 valence electrons. The lowest BCUT2D eigenvalue weighted by molar-refractivity contribution is -0.138. The lowest BCUT2D eigenvalue weighted by atomic mass is 10.0. The number of carbonyl (C=O) groups excluding carboxylic acids is 2. The Labute approximate surface area is 181 Å². The van der Waals surface area contributed by atoms with Crippen LogP contribution in [0.15, 0.2) is 12.3 Å². The summed E-state index contributed by atoms with van der Waals surface area (Å²) in [5, 5.41) is 12.9. The first kappa shape index (κ1) is 23.0. The molecule has 2 aromatic heterocycles. The van der Waals surface area contributed by atoms with Crippen molar-refractivity contribution < 1.29 is 27.5 Å². The van der Waals surface area contributed by atoms with Gasteiger partial charge in [-0.1, -0.05) is 0 Å². The molecule has 0 aliphatic heterocycles. The first-order chi connectivity index (χ1) is 14.6. The van der Waals surface area contributed by atoms with Crippen LogP contribution in [-0.4, -0.2) is 45.5 Å². The van der Waals surface area contributed by atoms with Crippen molar-refractivity contribution in [3.8, 4) is 0 Å². The van der Waals surface area contributed by atoms with Crippen LogP contribution in [0.4, 0.5) is 23.8 Å². The molecular formula is C19H24F3N5O3S. The van der Waals surface area contributed by atoms with Gasteiger partial charge in [-0.05, 0) is 33.1 Å². The standard InChI is InChI=1S/C19H24F3N5O3S/c1-10(8-19(20,21)22)24-18(29)30-13-4-3-12(5-13)15-7-16(27-26-15)25-17(28)6-14-9-23-11(2)31-14/h7,9-10,12-13H,3-6,8H2,1-2H3,(H,24,29)(H2,25,26,27,28)/t10?,12-,13+/m0/s1. The summed E-state index contributed by atoms with van der Waals surface area (Å²) in [7, 11) is 0. The number of anilines is 1. The fraction of sp³-hybridized carbons (Fsp3) is 0.579. The second-order valence-corrected chi connectivity index (χ2v) is 9.00. The molecule has 0 saturated heterocycles. The Kier molecular flexibility index (Phi) is 7.19. The zero-order chi connectivity index (χ0) is 22.6. The Morgan fingerprint density at radius 1 is 1.39 bits per heavy atom. The Hall–Kier alpha value is -2.63. The SMILES string of the molecule is Cc1ncc(CC(=O)Nc2cc([C@H]3CC[C@@H](OC(=O)NC(C)CC(F)(F)F)C3)[nH]n2)s1. The molecule has 12 heteroatoms. The smallest absolute Gasteiger partial charge is 0.407 e. The van der Waals surface area contributed by atoms with Crippen molar-refractivity contribution in [3.63, 3.8) is 0 Å². The Balaban J connectivity index is 1.44. The molecule has 1 unspecified atom stereocenters. The third kappa shape index (κ3) is 7.23. The summed E-state index contributed by atoms with van der Waals surface area (Å²) in [5.41, 5.74) is 0.806. The Bertz CT molecular complexity index is 914. The van der Waals surface area contributed by atoms with Crippen LogP contribution in [0, 0.1) is 6.92 Å². The van der Waals surface area contributed by atoms with Crippen molar-refractivity contribution in [3.05, 3.63) is 27.8 Å². The van der Waals surface area contributed by atoms with Crippen LogP contribution in [0.1, 0.15) is 54.1 Å². The number of H-pyrrole nitrogens is 1. The summed E-state index contributed by atoms with van der Waals surface area (Å²) in [5.74, 6) is 0.260. The number of aryl methyl sites for hydroxylation is 1. The van der Waals surface area contributed by atoms with Crippen LogP contribution in [-0.2, 0) is 16.0 Å². The average molecular weight is 459 g/mol. The highest BCUT2D eigenvalue weighted by Gasteiger charge is 2.33. The van der Waals surface area contributed by atoms with Gasteiger partial charge in [0, 0.05) is 34.8 Å². The van der Waals surface area contributed by atoms with Gasteiger partial charge in [0.2, 0.25) is 5.91 Å². The van der Waals surface area contributed by atoms with Gasteiger partial charge in [0.1, 0.15) is 6.10 Å². The van der Waals surface area contributed by atoms with Crippen molar-refractivity contribution in [2.24, 2.45) is 0 Å². The molecule has 0 bridgehead atoms. The topological polar surface area (TPSA) is 109 Å². The van der Waals surface area contributed by atoms with E-state index >= 15 is 0 Å². The molecule has 1 aliphatic carbocycles. The highest BCUT2D eigenvalue weighted by atomic mass is 32.1. The number of carbonyl (C=O) groups is 2. The van der Waals surface area contributed by atoms with Crippen molar-refractivity contribution in [2.75, 3.05) is 5.32 Å². The summed E-state index contributed by atoms with van der Waals surface area (Å²) < 4.78 is 42.3. The van der Waals surface area contributed by atoms with Crippen molar-refractivity contribution in [1.29, 1.82) is 0 Å². The number of nitrogens with one attached hydrogen (secondary N) is 3. The highest BCUT2D eigenvalue weighted by Crippen LogP contribution is 2.36. The number of halogens is 3. The maximum absolute atomic E-state index is 12.4. The third-order valence-corrected chi connectivity index (χ3v) is 5.78. The molecule has 1 saturated carbocycles. The van der Waals surface area contributed by atoms with E-state index < -0.39 is 24.7 Å². The first-order valence-corrected chi connectivity index (χ1v) is 10.7. The second-order valence-electron chi connectivity index (χ2n) is 7.68. The fourth-order valence-electron chi connectivity index (χ4n) is 3.56. The molecule has 3 atom stereocenters. The molecule has 1 fully saturated rings. The van der Waals surface area contributed by atoms with E-state index in [9.17, 15) is 22.8 Å². The number of nitrogens with zero attached hydrogens (tertiary/aromatic N) is 2. The normalized spacial score (nSPS) is 19.8. The van der Waals surface area contributed by atoms with Crippen LogP contribution in [0.2, 0.25) is 0 Å². The number of rotatable bonds is 7. The summed E-state index contributed by atoms with van der Waals surface area (Å²) in [6.07, 6.45) is -2.96. The van der Waals surface area contributed by atoms with Gasteiger partial charge in [-0.15, -0.1) is 11.3 Å². The summed E-state index contributed by atoms with van der Waals surface area (Å²) in [4.78, 5) is 29.0. The number of hydrogen-bond donors (Lipinski definition) is 3. The Morgan fingerprint density at radius 2 is 2.16 bits per heavy atom. The van der Waals surface area contributed by atoms with Crippen LogP contribution >= 0.6 is 11.3 Å². The molecule has 1 aliphatic rings. The van der Waals surface area contributed by atoms with Crippen LogP contribution in [0.3, 0.4) is 0 Å². The van der Waals surface area contributed by atoms with E-state index in [2.05, 4.69) is 25.8 Å². The zero-order valence-electron chi connectivity index (χ0n) is 17.1. The number of hydrogen-bond acceptors (Lipinski definition) is 6. The number of alkyl carbamates (subject to hydrolysis) is 1. The van der Waals surface area contributed by atoms with Gasteiger partial charge in [-0.3, -0.25) is 9.89 Å². The largest absolute Gasteiger partial charge is 0.446 e. The number of thiazole rings is 1. The Morgan fingerprint density at radius 3 is 2.84 bits per heavy atom. The number of alkyl halides is 3. The van der Waals surface area contributed by atoms with Gasteiger partial charge < -0.3 is 15.4 Å². The van der Waals surface area contributed by atoms with E-state index in [1.807, 2.05) is 6.92 Å². The average Bonchev–Trinajstić information content (AvgIpc) is 3.34. The number of aromatic amines is 1. The van der Waals surface area contributed by atoms with Gasteiger partial charge in [0.15, 0.2) is 5.82 Å². The van der Waals surface area contributed by atoms with Crippen LogP contribution in [0.25, 0.3) is 0 Å². The lowest BCUT2D eigenvalue weighted by Crippen LogP contribution is -2.37. The second kappa shape index (κ2) is 9.67. The first-order valence-electron chi connectivity index (χ1n) is 9.87. The molecular weight excluding hydrogens is 435 g/mol. The molecule has 0 aromatic carbocycles. The predicted molar refractivity (Wildman–Crippen MR) is 108 cm³/mol. The van der Waals surface area contributed by atoms with Crippen LogP contribution in [0.5, 0.6) is 0 Å². The minimum atomic E-state index is -4.35. The van der Waals surface area contributed by atoms with E-state index in [-0.39, 0.29) is 24.3 Å². The number of amides is 2. The van der Waals surface area contributed by atoms with Crippen molar-refractivity contribution in [1.82, 2.24) is 20.5 Å². The van der Waals surface area contributed by atoms with E-state index in [0.717, 1.165) is 22.0 Å². The minimum absolute atomic E-state index is 0.0488. The molecule has 0 spiro atoms. The summed E-state index contributed by atoms with van der Waals surface area (Å²) in [6, 6.07) is 0.686. The molecule has 0 radical (unpaired) electrons. The maximum Gasteiger partial charge on any atom is 0.407 e. The summed E-state index contributed by atoms with van der Waals surface area (Å²) >= 11 is 1.46. The lowest BCUT2D eigenvalue weighted by Gasteiger charge is -2.18. The van der Waals surface area contributed by atoms with E-state index in [1.165, 1.54) is 18.3 Å².